The molecule has 4 N–H and O–H groups in total. The molecule has 0 aliphatic carbocycles. The smallest absolute Gasteiger partial charge is 0.186 e. The first kappa shape index (κ1) is 55.9. The molecular formula is C49H84O13. The summed E-state index contributed by atoms with van der Waals surface area (Å²) >= 11 is 0. The van der Waals surface area contributed by atoms with Gasteiger partial charge < -0.3 is 63.1 Å². The van der Waals surface area contributed by atoms with Gasteiger partial charge >= 0.3 is 0 Å². The van der Waals surface area contributed by atoms with Crippen LogP contribution in [0.1, 0.15) is 155 Å². The molecule has 4 heterocycles. The molecule has 4 aliphatic rings. The highest BCUT2D eigenvalue weighted by Crippen LogP contribution is 2.36. The summed E-state index contributed by atoms with van der Waals surface area (Å²) in [5.74, 6) is 0.812. The number of aryl methyl sites for hydroxylation is 1. The van der Waals surface area contributed by atoms with Crippen LogP contribution in [0.15, 0.2) is 48.5 Å². The minimum Gasteiger partial charge on any atom is -0.494 e. The van der Waals surface area contributed by atoms with Crippen molar-refractivity contribution in [3.8, 4) is 5.75 Å². The molecule has 4 aliphatic heterocycles. The lowest BCUT2D eigenvalue weighted by atomic mass is 9.97. The van der Waals surface area contributed by atoms with Gasteiger partial charge in [-0.25, -0.2) is 0 Å². The van der Waals surface area contributed by atoms with Crippen molar-refractivity contribution in [2.75, 3.05) is 34.0 Å². The Bertz CT molecular complexity index is 1410. The Balaban J connectivity index is 0.000000409. The summed E-state index contributed by atoms with van der Waals surface area (Å²) in [6.45, 7) is 5.70. The highest BCUT2D eigenvalue weighted by molar-refractivity contribution is 5.28. The molecule has 4 saturated heterocycles. The van der Waals surface area contributed by atoms with Crippen LogP contribution < -0.4 is 4.74 Å². The standard InChI is InChI=1S/C25H40O6.C21H32O7.3CH4/c1-3-4-5-6-7-8-9-10-11-12-18-13-15-19(16-14-18)24-29-17-20-23(31-24)21(26)22(27)25(28-2)30-20;1-3-4-5-6-7-12-25-15-10-8-14(9-11-15)20-26-13-16-19(28-20)17(22)18(23)21(24-2)27-16;;;/h13-16,20-27H,3-12,17H2,1-2H3;8-11,16-23H,3-7,12-13H2,1-2H3;3*1H4/t20?,21-,22?,23-,24?,25-;16?,17-,18?,19-,20?,21-;;;/m11.../s1. The summed E-state index contributed by atoms with van der Waals surface area (Å²) < 4.78 is 50.5. The molecule has 2 aromatic rings. The number of hydrogen-bond donors (Lipinski definition) is 4. The normalized spacial score (nSPS) is 30.2. The number of hydrogen-bond acceptors (Lipinski definition) is 13. The van der Waals surface area contributed by atoms with Crippen LogP contribution in [0.25, 0.3) is 0 Å². The van der Waals surface area contributed by atoms with E-state index in [0.717, 1.165) is 29.7 Å². The van der Waals surface area contributed by atoms with Gasteiger partial charge in [-0.3, -0.25) is 0 Å². The fourth-order valence-corrected chi connectivity index (χ4v) is 7.98. The maximum absolute atomic E-state index is 10.4. The van der Waals surface area contributed by atoms with E-state index in [1.54, 1.807) is 0 Å². The Kier molecular flexibility index (Phi) is 27.1. The van der Waals surface area contributed by atoms with E-state index < -0.39 is 74.0 Å². The summed E-state index contributed by atoms with van der Waals surface area (Å²) in [5.41, 5.74) is 3.05. The van der Waals surface area contributed by atoms with E-state index in [1.807, 2.05) is 36.4 Å². The Morgan fingerprint density at radius 3 is 1.34 bits per heavy atom. The van der Waals surface area contributed by atoms with Gasteiger partial charge in [-0.1, -0.05) is 150 Å². The quantitative estimate of drug-likeness (QED) is 0.0882. The second-order valence-electron chi connectivity index (χ2n) is 16.2. The van der Waals surface area contributed by atoms with E-state index in [9.17, 15) is 20.4 Å². The fourth-order valence-electron chi connectivity index (χ4n) is 7.98. The van der Waals surface area contributed by atoms with Gasteiger partial charge in [-0.15, -0.1) is 0 Å². The van der Waals surface area contributed by atoms with Crippen LogP contribution >= 0.6 is 0 Å². The van der Waals surface area contributed by atoms with Crippen molar-refractivity contribution in [1.82, 2.24) is 0 Å². The fraction of sp³-hybridized carbons (Fsp3) is 0.755. The van der Waals surface area contributed by atoms with E-state index in [1.165, 1.54) is 103 Å². The van der Waals surface area contributed by atoms with Crippen LogP contribution in [0.4, 0.5) is 0 Å². The van der Waals surface area contributed by atoms with Crippen LogP contribution in [-0.2, 0) is 44.3 Å². The monoisotopic (exact) mass is 881 g/mol. The largest absolute Gasteiger partial charge is 0.494 e. The minimum absolute atomic E-state index is 0. The zero-order valence-corrected chi connectivity index (χ0v) is 35.7. The maximum atomic E-state index is 10.4. The molecule has 4 fully saturated rings. The third-order valence-corrected chi connectivity index (χ3v) is 11.6. The first-order valence-electron chi connectivity index (χ1n) is 22.2. The summed E-state index contributed by atoms with van der Waals surface area (Å²) in [7, 11) is 2.85. The van der Waals surface area contributed by atoms with Crippen molar-refractivity contribution in [1.29, 1.82) is 0 Å². The zero-order chi connectivity index (χ0) is 42.0. The number of unbranched alkanes of at least 4 members (excludes halogenated alkanes) is 12. The van der Waals surface area contributed by atoms with Crippen molar-refractivity contribution in [2.45, 2.75) is 206 Å². The third kappa shape index (κ3) is 16.3. The predicted octanol–water partition coefficient (Wildman–Crippen LogP) is 8.72. The average Bonchev–Trinajstić information content (AvgIpc) is 3.27. The lowest BCUT2D eigenvalue weighted by Gasteiger charge is -2.45. The number of methoxy groups -OCH3 is 2. The molecule has 0 saturated carbocycles. The van der Waals surface area contributed by atoms with Gasteiger partial charge in [0.25, 0.3) is 0 Å². The maximum Gasteiger partial charge on any atom is 0.186 e. The van der Waals surface area contributed by atoms with Crippen LogP contribution in [0.2, 0.25) is 0 Å². The van der Waals surface area contributed by atoms with Crippen molar-refractivity contribution in [3.63, 3.8) is 0 Å². The van der Waals surface area contributed by atoms with Crippen LogP contribution in [0.3, 0.4) is 0 Å². The molecule has 6 unspecified atom stereocenters. The highest BCUT2D eigenvalue weighted by atomic mass is 16.8. The molecule has 2 aromatic carbocycles. The summed E-state index contributed by atoms with van der Waals surface area (Å²) in [5, 5.41) is 41.0. The number of benzene rings is 2. The van der Waals surface area contributed by atoms with Crippen LogP contribution in [0, 0.1) is 0 Å². The Labute approximate surface area is 373 Å². The van der Waals surface area contributed by atoms with Gasteiger partial charge in [0.2, 0.25) is 0 Å². The summed E-state index contributed by atoms with van der Waals surface area (Å²) in [6, 6.07) is 15.9. The van der Waals surface area contributed by atoms with E-state index in [2.05, 4.69) is 26.0 Å². The topological polar surface area (TPSA) is 164 Å². The Morgan fingerprint density at radius 1 is 0.500 bits per heavy atom. The molecule has 0 spiro atoms. The average molecular weight is 881 g/mol. The molecule has 0 radical (unpaired) electrons. The lowest BCUT2D eigenvalue weighted by Crippen LogP contribution is -2.62. The van der Waals surface area contributed by atoms with Crippen LogP contribution in [-0.4, -0.2) is 116 Å². The van der Waals surface area contributed by atoms with Gasteiger partial charge in [0.05, 0.1) is 19.8 Å². The Hall–Kier alpha value is -2.24. The molecular weight excluding hydrogens is 797 g/mol. The molecule has 62 heavy (non-hydrogen) atoms. The van der Waals surface area contributed by atoms with E-state index >= 15 is 0 Å². The first-order valence-corrected chi connectivity index (χ1v) is 22.2. The number of aliphatic hydroxyl groups excluding tert-OH is 4. The SMILES string of the molecule is C.C.C.CCCCCCCCCCCc1ccc(C2OCC3O[C@@H](OC)C(O)[C@@H](O)[C@@H]3O2)cc1.CCCCCCCOc1ccc(C2OCC3O[C@@H](OC)C(O)[C@@H](O)[C@@H]3O2)cc1. The lowest BCUT2D eigenvalue weighted by molar-refractivity contribution is -0.358. The molecule has 0 bridgehead atoms. The zero-order valence-electron chi connectivity index (χ0n) is 35.7. The number of aliphatic hydroxyl groups is 4. The number of fused-ring (bicyclic) bond motifs is 2. The summed E-state index contributed by atoms with van der Waals surface area (Å²) in [6.07, 6.45) is 9.38. The first-order chi connectivity index (χ1) is 28.8. The van der Waals surface area contributed by atoms with E-state index in [0.29, 0.717) is 6.61 Å². The molecule has 358 valence electrons. The minimum atomic E-state index is -1.17. The Morgan fingerprint density at radius 2 is 0.903 bits per heavy atom. The van der Waals surface area contributed by atoms with Gasteiger partial charge in [0.15, 0.2) is 25.2 Å². The molecule has 12 atom stereocenters. The predicted molar refractivity (Wildman–Crippen MR) is 241 cm³/mol. The van der Waals surface area contributed by atoms with Crippen molar-refractivity contribution < 1.29 is 63.1 Å². The molecule has 13 nitrogen and oxygen atoms in total. The summed E-state index contributed by atoms with van der Waals surface area (Å²) in [4.78, 5) is 0. The highest BCUT2D eigenvalue weighted by Gasteiger charge is 2.50. The number of rotatable bonds is 21. The molecule has 6 rings (SSSR count). The van der Waals surface area contributed by atoms with Gasteiger partial charge in [-0.05, 0) is 37.0 Å². The van der Waals surface area contributed by atoms with Crippen molar-refractivity contribution in [3.05, 3.63) is 65.2 Å². The van der Waals surface area contributed by atoms with Crippen molar-refractivity contribution in [2.24, 2.45) is 0 Å². The molecule has 13 heteroatoms. The molecule has 0 aromatic heterocycles. The second kappa shape index (κ2) is 30.1. The van der Waals surface area contributed by atoms with Gasteiger partial charge in [0, 0.05) is 25.3 Å². The van der Waals surface area contributed by atoms with E-state index in [4.69, 9.17) is 42.6 Å². The molecule has 0 amide bonds. The van der Waals surface area contributed by atoms with Crippen molar-refractivity contribution >= 4 is 0 Å². The van der Waals surface area contributed by atoms with E-state index in [-0.39, 0.29) is 35.5 Å². The third-order valence-electron chi connectivity index (χ3n) is 11.6. The van der Waals surface area contributed by atoms with Gasteiger partial charge in [0.1, 0.15) is 54.6 Å². The second-order valence-corrected chi connectivity index (χ2v) is 16.2. The van der Waals surface area contributed by atoms with Crippen LogP contribution in [0.5, 0.6) is 5.75 Å². The number of ether oxygens (including phenoxy) is 9. The van der Waals surface area contributed by atoms with Gasteiger partial charge in [-0.2, -0.15) is 0 Å².